The van der Waals surface area contributed by atoms with Crippen LogP contribution in [-0.2, 0) is 16.1 Å². The summed E-state index contributed by atoms with van der Waals surface area (Å²) in [5.41, 5.74) is 0.901. The number of hydrogen-bond donors (Lipinski definition) is 1. The molecule has 7 nitrogen and oxygen atoms in total. The van der Waals surface area contributed by atoms with Gasteiger partial charge in [0.15, 0.2) is 0 Å². The first kappa shape index (κ1) is 15.7. The molecule has 0 bridgehead atoms. The molecule has 1 fully saturated rings. The fourth-order valence-corrected chi connectivity index (χ4v) is 2.54. The van der Waals surface area contributed by atoms with Gasteiger partial charge in [0.25, 0.3) is 0 Å². The van der Waals surface area contributed by atoms with Gasteiger partial charge in [-0.05, 0) is 26.8 Å². The number of hydrogen-bond acceptors (Lipinski definition) is 5. The highest BCUT2D eigenvalue weighted by Gasteiger charge is 2.34. The molecule has 1 saturated heterocycles. The third-order valence-electron chi connectivity index (χ3n) is 3.61. The molecule has 1 amide bonds. The second-order valence-corrected chi connectivity index (χ2v) is 5.27. The van der Waals surface area contributed by atoms with Crippen molar-refractivity contribution in [2.24, 2.45) is 0 Å². The number of carbonyl (C=O) groups is 1. The summed E-state index contributed by atoms with van der Waals surface area (Å²) in [6, 6.07) is 1.76. The normalized spacial score (nSPS) is 21.8. The van der Waals surface area contributed by atoms with Gasteiger partial charge in [-0.15, -0.1) is 0 Å². The molecule has 0 saturated carbocycles. The van der Waals surface area contributed by atoms with E-state index in [2.05, 4.69) is 4.98 Å². The number of carbonyl (C=O) groups excluding carboxylic acids is 1. The standard InChI is InChI=1S/C14H21N3O4/c1-4-21-12-7-16(6-11(12)18)13(19)8-17-10(3)5-9(2)15-14(17)20/h5,11-12,18H,4,6-8H2,1-3H3/t11-,12-/m0/s1. The molecule has 0 aliphatic carbocycles. The number of amides is 1. The lowest BCUT2D eigenvalue weighted by Gasteiger charge is -2.17. The SMILES string of the molecule is CCO[C@H]1CN(C(=O)Cn2c(C)cc(C)nc2=O)C[C@@H]1O. The van der Waals surface area contributed by atoms with Gasteiger partial charge in [-0.1, -0.05) is 0 Å². The van der Waals surface area contributed by atoms with E-state index in [1.807, 2.05) is 6.92 Å². The summed E-state index contributed by atoms with van der Waals surface area (Å²) in [5, 5.41) is 9.85. The summed E-state index contributed by atoms with van der Waals surface area (Å²) in [5.74, 6) is -0.216. The summed E-state index contributed by atoms with van der Waals surface area (Å²) >= 11 is 0. The van der Waals surface area contributed by atoms with E-state index in [4.69, 9.17) is 4.74 Å². The van der Waals surface area contributed by atoms with Gasteiger partial charge in [-0.2, -0.15) is 4.98 Å². The van der Waals surface area contributed by atoms with E-state index in [1.165, 1.54) is 9.47 Å². The van der Waals surface area contributed by atoms with Crippen molar-refractivity contribution >= 4 is 5.91 Å². The molecule has 7 heteroatoms. The molecule has 1 N–H and O–H groups in total. The molecule has 0 spiro atoms. The van der Waals surface area contributed by atoms with Crippen LogP contribution in [-0.4, -0.2) is 57.4 Å². The van der Waals surface area contributed by atoms with Crippen molar-refractivity contribution in [1.82, 2.24) is 14.5 Å². The van der Waals surface area contributed by atoms with Crippen molar-refractivity contribution < 1.29 is 14.6 Å². The first-order valence-electron chi connectivity index (χ1n) is 7.05. The second kappa shape index (κ2) is 6.36. The number of aromatic nitrogens is 2. The molecule has 1 aliphatic rings. The Balaban J connectivity index is 2.08. The van der Waals surface area contributed by atoms with Crippen LogP contribution < -0.4 is 5.69 Å². The average Bonchev–Trinajstić information content (AvgIpc) is 2.76. The number of likely N-dealkylation sites (tertiary alicyclic amines) is 1. The van der Waals surface area contributed by atoms with Crippen molar-refractivity contribution in [2.45, 2.75) is 39.5 Å². The number of aryl methyl sites for hydroxylation is 2. The van der Waals surface area contributed by atoms with Crippen molar-refractivity contribution in [3.63, 3.8) is 0 Å². The van der Waals surface area contributed by atoms with E-state index in [-0.39, 0.29) is 25.1 Å². The lowest BCUT2D eigenvalue weighted by Crippen LogP contribution is -2.37. The Morgan fingerprint density at radius 2 is 2.19 bits per heavy atom. The van der Waals surface area contributed by atoms with Gasteiger partial charge < -0.3 is 14.7 Å². The Morgan fingerprint density at radius 3 is 2.81 bits per heavy atom. The van der Waals surface area contributed by atoms with E-state index in [0.29, 0.717) is 24.5 Å². The summed E-state index contributed by atoms with van der Waals surface area (Å²) in [6.07, 6.45) is -1.03. The summed E-state index contributed by atoms with van der Waals surface area (Å²) in [7, 11) is 0. The lowest BCUT2D eigenvalue weighted by atomic mass is 10.3. The highest BCUT2D eigenvalue weighted by molar-refractivity contribution is 5.76. The third-order valence-corrected chi connectivity index (χ3v) is 3.61. The molecule has 0 aromatic carbocycles. The first-order valence-corrected chi connectivity index (χ1v) is 7.05. The smallest absolute Gasteiger partial charge is 0.348 e. The van der Waals surface area contributed by atoms with Gasteiger partial charge in [0, 0.05) is 31.1 Å². The van der Waals surface area contributed by atoms with E-state index < -0.39 is 11.8 Å². The first-order chi connectivity index (χ1) is 9.92. The number of ether oxygens (including phenoxy) is 1. The minimum atomic E-state index is -0.678. The van der Waals surface area contributed by atoms with Crippen LogP contribution in [0.15, 0.2) is 10.9 Å². The minimum absolute atomic E-state index is 0.0660. The number of rotatable bonds is 4. The second-order valence-electron chi connectivity index (χ2n) is 5.27. The minimum Gasteiger partial charge on any atom is -0.388 e. The van der Waals surface area contributed by atoms with E-state index in [0.717, 1.165) is 0 Å². The van der Waals surface area contributed by atoms with Crippen molar-refractivity contribution in [2.75, 3.05) is 19.7 Å². The number of nitrogens with zero attached hydrogens (tertiary/aromatic N) is 3. The van der Waals surface area contributed by atoms with Gasteiger partial charge >= 0.3 is 5.69 Å². The zero-order valence-corrected chi connectivity index (χ0v) is 12.6. The predicted octanol–water partition coefficient (Wildman–Crippen LogP) is -0.532. The van der Waals surface area contributed by atoms with Crippen molar-refractivity contribution in [1.29, 1.82) is 0 Å². The summed E-state index contributed by atoms with van der Waals surface area (Å²) in [6.45, 7) is 6.36. The van der Waals surface area contributed by atoms with E-state index in [9.17, 15) is 14.7 Å². The highest BCUT2D eigenvalue weighted by Crippen LogP contribution is 2.14. The number of aliphatic hydroxyl groups is 1. The molecular formula is C14H21N3O4. The molecule has 21 heavy (non-hydrogen) atoms. The van der Waals surface area contributed by atoms with Crippen LogP contribution in [0.3, 0.4) is 0 Å². The van der Waals surface area contributed by atoms with Crippen LogP contribution in [0.1, 0.15) is 18.3 Å². The molecule has 2 heterocycles. The maximum Gasteiger partial charge on any atom is 0.348 e. The quantitative estimate of drug-likeness (QED) is 0.807. The van der Waals surface area contributed by atoms with Crippen molar-refractivity contribution in [3.8, 4) is 0 Å². The molecule has 1 aliphatic heterocycles. The Kier molecular flexibility index (Phi) is 4.74. The fourth-order valence-electron chi connectivity index (χ4n) is 2.54. The summed E-state index contributed by atoms with van der Waals surface area (Å²) < 4.78 is 6.73. The molecule has 2 atom stereocenters. The van der Waals surface area contributed by atoms with Crippen LogP contribution in [0.4, 0.5) is 0 Å². The van der Waals surface area contributed by atoms with Crippen LogP contribution in [0.2, 0.25) is 0 Å². The van der Waals surface area contributed by atoms with Gasteiger partial charge in [-0.25, -0.2) is 4.79 Å². The lowest BCUT2D eigenvalue weighted by molar-refractivity contribution is -0.131. The van der Waals surface area contributed by atoms with E-state index >= 15 is 0 Å². The maximum absolute atomic E-state index is 12.3. The highest BCUT2D eigenvalue weighted by atomic mass is 16.5. The monoisotopic (exact) mass is 295 g/mol. The zero-order valence-electron chi connectivity index (χ0n) is 12.6. The Labute approximate surface area is 123 Å². The molecule has 0 unspecified atom stereocenters. The Hall–Kier alpha value is -1.73. The fraction of sp³-hybridized carbons (Fsp3) is 0.643. The molecule has 1 aromatic rings. The largest absolute Gasteiger partial charge is 0.388 e. The molecule has 0 radical (unpaired) electrons. The molecular weight excluding hydrogens is 274 g/mol. The Bertz CT molecular complexity index is 584. The third kappa shape index (κ3) is 3.48. The summed E-state index contributed by atoms with van der Waals surface area (Å²) in [4.78, 5) is 29.5. The van der Waals surface area contributed by atoms with Crippen molar-refractivity contribution in [3.05, 3.63) is 27.9 Å². The Morgan fingerprint density at radius 1 is 1.48 bits per heavy atom. The predicted molar refractivity (Wildman–Crippen MR) is 76.0 cm³/mol. The van der Waals surface area contributed by atoms with Gasteiger partial charge in [0.2, 0.25) is 5.91 Å². The number of β-amino-alcohol motifs (C(OH)–C–C–N with tert-alkyl or cyclic N) is 1. The van der Waals surface area contributed by atoms with Crippen LogP contribution >= 0.6 is 0 Å². The van der Waals surface area contributed by atoms with Gasteiger partial charge in [-0.3, -0.25) is 9.36 Å². The van der Waals surface area contributed by atoms with Crippen LogP contribution in [0.25, 0.3) is 0 Å². The zero-order chi connectivity index (χ0) is 15.6. The molecule has 1 aromatic heterocycles. The molecule has 116 valence electrons. The van der Waals surface area contributed by atoms with Gasteiger partial charge in [0.1, 0.15) is 12.6 Å². The molecule has 2 rings (SSSR count). The van der Waals surface area contributed by atoms with Crippen LogP contribution in [0, 0.1) is 13.8 Å². The maximum atomic E-state index is 12.3. The number of aliphatic hydroxyl groups excluding tert-OH is 1. The van der Waals surface area contributed by atoms with E-state index in [1.54, 1.807) is 19.9 Å². The topological polar surface area (TPSA) is 84.7 Å². The average molecular weight is 295 g/mol. The van der Waals surface area contributed by atoms with Crippen LogP contribution in [0.5, 0.6) is 0 Å². The van der Waals surface area contributed by atoms with Gasteiger partial charge in [0.05, 0.1) is 6.10 Å².